The number of rotatable bonds is 4. The lowest BCUT2D eigenvalue weighted by Gasteiger charge is -2.32. The van der Waals surface area contributed by atoms with Crippen LogP contribution in [0.3, 0.4) is 0 Å². The minimum absolute atomic E-state index is 0.706. The monoisotopic (exact) mass is 196 g/mol. The third-order valence-corrected chi connectivity index (χ3v) is 3.95. The van der Waals surface area contributed by atoms with Crippen LogP contribution in [0.5, 0.6) is 0 Å². The Morgan fingerprint density at radius 2 is 2.21 bits per heavy atom. The fraction of sp³-hybridized carbons (Fsp3) is 1.00. The molecule has 1 unspecified atom stereocenters. The van der Waals surface area contributed by atoms with Gasteiger partial charge in [-0.15, -0.1) is 0 Å². The first-order valence-electron chi connectivity index (χ1n) is 6.07. The number of likely N-dealkylation sites (tertiary alicyclic amines) is 1. The molecule has 0 bridgehead atoms. The molecule has 1 aliphatic heterocycles. The third-order valence-electron chi connectivity index (χ3n) is 3.95. The van der Waals surface area contributed by atoms with Crippen molar-refractivity contribution in [3.8, 4) is 0 Å². The topological polar surface area (TPSA) is 15.3 Å². The van der Waals surface area contributed by atoms with Gasteiger partial charge in [-0.25, -0.2) is 0 Å². The van der Waals surface area contributed by atoms with Gasteiger partial charge < -0.3 is 10.2 Å². The van der Waals surface area contributed by atoms with Crippen molar-refractivity contribution in [3.63, 3.8) is 0 Å². The van der Waals surface area contributed by atoms with Gasteiger partial charge in [-0.3, -0.25) is 0 Å². The maximum absolute atomic E-state index is 3.36. The number of nitrogens with one attached hydrogen (secondary N) is 1. The summed E-state index contributed by atoms with van der Waals surface area (Å²) in [6.07, 6.45) is 7.28. The molecule has 1 heterocycles. The molecular weight excluding hydrogens is 172 g/mol. The largest absolute Gasteiger partial charge is 0.319 e. The third kappa shape index (κ3) is 2.48. The van der Waals surface area contributed by atoms with E-state index in [1.807, 2.05) is 0 Å². The van der Waals surface area contributed by atoms with E-state index in [9.17, 15) is 0 Å². The van der Waals surface area contributed by atoms with Crippen LogP contribution >= 0.6 is 0 Å². The van der Waals surface area contributed by atoms with E-state index >= 15 is 0 Å². The van der Waals surface area contributed by atoms with Crippen molar-refractivity contribution in [2.45, 2.75) is 32.1 Å². The maximum atomic E-state index is 3.36. The van der Waals surface area contributed by atoms with Crippen molar-refractivity contribution in [2.75, 3.05) is 33.7 Å². The first-order chi connectivity index (χ1) is 6.74. The Balaban J connectivity index is 1.79. The summed E-state index contributed by atoms with van der Waals surface area (Å²) in [5, 5.41) is 3.36. The van der Waals surface area contributed by atoms with E-state index in [0.717, 1.165) is 5.92 Å². The predicted molar refractivity (Wildman–Crippen MR) is 60.4 cm³/mol. The van der Waals surface area contributed by atoms with Crippen LogP contribution < -0.4 is 5.32 Å². The van der Waals surface area contributed by atoms with Crippen LogP contribution in [0.25, 0.3) is 0 Å². The van der Waals surface area contributed by atoms with E-state index in [0.29, 0.717) is 5.41 Å². The van der Waals surface area contributed by atoms with Crippen LogP contribution in [0.2, 0.25) is 0 Å². The van der Waals surface area contributed by atoms with E-state index in [1.54, 1.807) is 0 Å². The second kappa shape index (κ2) is 4.19. The normalized spacial score (nSPS) is 31.7. The Morgan fingerprint density at radius 1 is 1.43 bits per heavy atom. The zero-order chi connectivity index (χ0) is 10.0. The van der Waals surface area contributed by atoms with Gasteiger partial charge in [-0.05, 0) is 64.1 Å². The Labute approximate surface area is 88.1 Å². The van der Waals surface area contributed by atoms with Crippen molar-refractivity contribution in [2.24, 2.45) is 11.3 Å². The summed E-state index contributed by atoms with van der Waals surface area (Å²) in [7, 11) is 4.36. The molecule has 0 aromatic heterocycles. The van der Waals surface area contributed by atoms with E-state index in [4.69, 9.17) is 0 Å². The minimum Gasteiger partial charge on any atom is -0.319 e. The predicted octanol–water partition coefficient (Wildman–Crippen LogP) is 1.72. The van der Waals surface area contributed by atoms with Crippen LogP contribution in [0.15, 0.2) is 0 Å². The van der Waals surface area contributed by atoms with Crippen molar-refractivity contribution in [1.82, 2.24) is 10.2 Å². The van der Waals surface area contributed by atoms with Gasteiger partial charge >= 0.3 is 0 Å². The lowest BCUT2D eigenvalue weighted by atomic mass is 9.86. The molecule has 0 amide bonds. The second-order valence-corrected chi connectivity index (χ2v) is 5.50. The molecule has 0 aromatic carbocycles. The fourth-order valence-corrected chi connectivity index (χ4v) is 3.06. The molecule has 1 saturated heterocycles. The molecule has 14 heavy (non-hydrogen) atoms. The van der Waals surface area contributed by atoms with Gasteiger partial charge in [0.25, 0.3) is 0 Å². The summed E-state index contributed by atoms with van der Waals surface area (Å²) in [6.45, 7) is 3.90. The summed E-state index contributed by atoms with van der Waals surface area (Å²) in [4.78, 5) is 2.50. The maximum Gasteiger partial charge on any atom is 0.000683 e. The number of hydrogen-bond acceptors (Lipinski definition) is 2. The molecule has 0 aromatic rings. The quantitative estimate of drug-likeness (QED) is 0.736. The molecule has 0 radical (unpaired) electrons. The van der Waals surface area contributed by atoms with Gasteiger partial charge in [0.1, 0.15) is 0 Å². The summed E-state index contributed by atoms with van der Waals surface area (Å²) in [5.74, 6) is 0.976. The van der Waals surface area contributed by atoms with Crippen molar-refractivity contribution < 1.29 is 0 Å². The molecule has 2 heteroatoms. The van der Waals surface area contributed by atoms with Gasteiger partial charge in [-0.1, -0.05) is 0 Å². The molecule has 2 rings (SSSR count). The first kappa shape index (κ1) is 10.4. The number of piperidine rings is 1. The Hall–Kier alpha value is -0.0800. The molecule has 2 aliphatic rings. The Bertz CT molecular complexity index is 187. The summed E-state index contributed by atoms with van der Waals surface area (Å²) >= 11 is 0. The summed E-state index contributed by atoms with van der Waals surface area (Å²) < 4.78 is 0. The SMILES string of the molecule is CNCC1(CC2CCCN(C)C2)CC1. The number of nitrogens with zero attached hydrogens (tertiary/aromatic N) is 1. The van der Waals surface area contributed by atoms with E-state index in [2.05, 4.69) is 24.3 Å². The Kier molecular flexibility index (Phi) is 3.13. The van der Waals surface area contributed by atoms with E-state index in [-0.39, 0.29) is 0 Å². The minimum atomic E-state index is 0.706. The highest BCUT2D eigenvalue weighted by Gasteiger charge is 2.43. The molecule has 0 spiro atoms. The van der Waals surface area contributed by atoms with Crippen molar-refractivity contribution >= 4 is 0 Å². The van der Waals surface area contributed by atoms with Crippen LogP contribution in [0.4, 0.5) is 0 Å². The van der Waals surface area contributed by atoms with Crippen LogP contribution in [-0.4, -0.2) is 38.6 Å². The standard InChI is InChI=1S/C12H24N2/c1-13-10-12(5-6-12)8-11-4-3-7-14(2)9-11/h11,13H,3-10H2,1-2H3. The van der Waals surface area contributed by atoms with E-state index < -0.39 is 0 Å². The van der Waals surface area contributed by atoms with Crippen molar-refractivity contribution in [1.29, 1.82) is 0 Å². The molecule has 1 saturated carbocycles. The lowest BCUT2D eigenvalue weighted by Crippen LogP contribution is -2.34. The van der Waals surface area contributed by atoms with Gasteiger partial charge in [-0.2, -0.15) is 0 Å². The average molecular weight is 196 g/mol. The van der Waals surface area contributed by atoms with Crippen LogP contribution in [0.1, 0.15) is 32.1 Å². The molecule has 2 nitrogen and oxygen atoms in total. The Morgan fingerprint density at radius 3 is 2.79 bits per heavy atom. The lowest BCUT2D eigenvalue weighted by molar-refractivity contribution is 0.178. The van der Waals surface area contributed by atoms with Gasteiger partial charge in [0, 0.05) is 13.1 Å². The van der Waals surface area contributed by atoms with Gasteiger partial charge in [0.05, 0.1) is 0 Å². The number of hydrogen-bond donors (Lipinski definition) is 1. The highest BCUT2D eigenvalue weighted by atomic mass is 15.1. The molecular formula is C12H24N2. The summed E-state index contributed by atoms with van der Waals surface area (Å²) in [6, 6.07) is 0. The first-order valence-corrected chi connectivity index (χ1v) is 6.07. The fourth-order valence-electron chi connectivity index (χ4n) is 3.06. The van der Waals surface area contributed by atoms with Crippen LogP contribution in [-0.2, 0) is 0 Å². The molecule has 1 aliphatic carbocycles. The molecule has 82 valence electrons. The van der Waals surface area contributed by atoms with E-state index in [1.165, 1.54) is 51.7 Å². The van der Waals surface area contributed by atoms with Gasteiger partial charge in [0.15, 0.2) is 0 Å². The molecule has 2 fully saturated rings. The summed E-state index contributed by atoms with van der Waals surface area (Å²) in [5.41, 5.74) is 0.706. The second-order valence-electron chi connectivity index (χ2n) is 5.50. The molecule has 1 atom stereocenters. The zero-order valence-electron chi connectivity index (χ0n) is 9.68. The smallest absolute Gasteiger partial charge is 0.000683 e. The van der Waals surface area contributed by atoms with Crippen molar-refractivity contribution in [3.05, 3.63) is 0 Å². The average Bonchev–Trinajstić information content (AvgIpc) is 2.85. The van der Waals surface area contributed by atoms with Crippen LogP contribution in [0, 0.1) is 11.3 Å². The highest BCUT2D eigenvalue weighted by Crippen LogP contribution is 2.50. The molecule has 1 N–H and O–H groups in total. The highest BCUT2D eigenvalue weighted by molar-refractivity contribution is 4.96. The van der Waals surface area contributed by atoms with Gasteiger partial charge in [0.2, 0.25) is 0 Å². The zero-order valence-corrected chi connectivity index (χ0v) is 9.68.